The molecular formula is C19H37N. The highest BCUT2D eigenvalue weighted by Crippen LogP contribution is 2.46. The van der Waals surface area contributed by atoms with E-state index < -0.39 is 0 Å². The van der Waals surface area contributed by atoms with E-state index in [2.05, 4.69) is 26.2 Å². The van der Waals surface area contributed by atoms with Crippen LogP contribution in [-0.2, 0) is 0 Å². The molecule has 0 amide bonds. The standard InChI is InChI=1S/C19H37N/c1-4-7-16-10-11-18(14-20-3)19(13-16)17-9-6-8-15(5-2)12-17/h15-20H,4-14H2,1-3H3. The van der Waals surface area contributed by atoms with Gasteiger partial charge in [0.15, 0.2) is 0 Å². The van der Waals surface area contributed by atoms with Crippen molar-refractivity contribution in [3.8, 4) is 0 Å². The van der Waals surface area contributed by atoms with E-state index in [0.29, 0.717) is 0 Å². The molecule has 1 heteroatoms. The maximum atomic E-state index is 3.48. The first kappa shape index (κ1) is 16.3. The van der Waals surface area contributed by atoms with Crippen LogP contribution >= 0.6 is 0 Å². The Morgan fingerprint density at radius 3 is 2.50 bits per heavy atom. The molecule has 1 nitrogen and oxygen atoms in total. The van der Waals surface area contributed by atoms with Crippen LogP contribution in [0.5, 0.6) is 0 Å². The fourth-order valence-corrected chi connectivity index (χ4v) is 5.21. The average molecular weight is 280 g/mol. The lowest BCUT2D eigenvalue weighted by Gasteiger charge is -2.43. The quantitative estimate of drug-likeness (QED) is 0.700. The monoisotopic (exact) mass is 279 g/mol. The van der Waals surface area contributed by atoms with Crippen LogP contribution in [0.15, 0.2) is 0 Å². The summed E-state index contributed by atoms with van der Waals surface area (Å²) >= 11 is 0. The Balaban J connectivity index is 1.98. The molecule has 20 heavy (non-hydrogen) atoms. The minimum atomic E-state index is 0.966. The third kappa shape index (κ3) is 4.23. The third-order valence-electron chi connectivity index (χ3n) is 6.33. The zero-order chi connectivity index (χ0) is 14.4. The molecule has 2 rings (SSSR count). The largest absolute Gasteiger partial charge is 0.319 e. The van der Waals surface area contributed by atoms with Crippen LogP contribution in [0, 0.1) is 29.6 Å². The molecule has 0 bridgehead atoms. The summed E-state index contributed by atoms with van der Waals surface area (Å²) in [5.74, 6) is 5.12. The van der Waals surface area contributed by atoms with Gasteiger partial charge in [-0.3, -0.25) is 0 Å². The van der Waals surface area contributed by atoms with E-state index in [0.717, 1.165) is 29.6 Å². The van der Waals surface area contributed by atoms with Gasteiger partial charge in [-0.1, -0.05) is 58.8 Å². The van der Waals surface area contributed by atoms with Gasteiger partial charge in [-0.2, -0.15) is 0 Å². The molecule has 5 atom stereocenters. The molecule has 118 valence electrons. The van der Waals surface area contributed by atoms with Gasteiger partial charge in [0.25, 0.3) is 0 Å². The lowest BCUT2D eigenvalue weighted by atomic mass is 9.63. The zero-order valence-corrected chi connectivity index (χ0v) is 14.2. The molecule has 1 N–H and O–H groups in total. The van der Waals surface area contributed by atoms with Crippen molar-refractivity contribution >= 4 is 0 Å². The predicted octanol–water partition coefficient (Wildman–Crippen LogP) is 5.25. The topological polar surface area (TPSA) is 12.0 Å². The van der Waals surface area contributed by atoms with Crippen molar-refractivity contribution in [1.82, 2.24) is 5.32 Å². The van der Waals surface area contributed by atoms with Crippen LogP contribution in [0.4, 0.5) is 0 Å². The summed E-state index contributed by atoms with van der Waals surface area (Å²) in [6, 6.07) is 0. The molecule has 2 aliphatic rings. The highest BCUT2D eigenvalue weighted by Gasteiger charge is 2.36. The van der Waals surface area contributed by atoms with Gasteiger partial charge >= 0.3 is 0 Å². The number of hydrogen-bond acceptors (Lipinski definition) is 1. The minimum Gasteiger partial charge on any atom is -0.319 e. The van der Waals surface area contributed by atoms with Crippen molar-refractivity contribution in [1.29, 1.82) is 0 Å². The SMILES string of the molecule is CCCC1CCC(CNC)C(C2CCCC(CC)C2)C1. The van der Waals surface area contributed by atoms with Gasteiger partial charge < -0.3 is 5.32 Å². The summed E-state index contributed by atoms with van der Waals surface area (Å²) in [5.41, 5.74) is 0. The second-order valence-corrected chi connectivity index (χ2v) is 7.65. The molecule has 0 radical (unpaired) electrons. The van der Waals surface area contributed by atoms with Gasteiger partial charge in [0.2, 0.25) is 0 Å². The van der Waals surface area contributed by atoms with Crippen molar-refractivity contribution in [3.05, 3.63) is 0 Å². The Labute approximate surface area is 127 Å². The zero-order valence-electron chi connectivity index (χ0n) is 14.2. The van der Waals surface area contributed by atoms with Gasteiger partial charge in [-0.25, -0.2) is 0 Å². The first-order valence-corrected chi connectivity index (χ1v) is 9.43. The van der Waals surface area contributed by atoms with E-state index in [-0.39, 0.29) is 0 Å². The second-order valence-electron chi connectivity index (χ2n) is 7.65. The molecule has 2 fully saturated rings. The molecule has 0 aromatic heterocycles. The maximum absolute atomic E-state index is 3.48. The Morgan fingerprint density at radius 2 is 1.80 bits per heavy atom. The molecule has 5 unspecified atom stereocenters. The van der Waals surface area contributed by atoms with E-state index in [4.69, 9.17) is 0 Å². The summed E-state index contributed by atoms with van der Waals surface area (Å²) < 4.78 is 0. The molecule has 0 spiro atoms. The Hall–Kier alpha value is -0.0400. The molecule has 0 aromatic rings. The van der Waals surface area contributed by atoms with Crippen LogP contribution in [0.1, 0.15) is 78.1 Å². The van der Waals surface area contributed by atoms with Crippen LogP contribution in [0.25, 0.3) is 0 Å². The Bertz CT molecular complexity index is 262. The van der Waals surface area contributed by atoms with Crippen molar-refractivity contribution < 1.29 is 0 Å². The van der Waals surface area contributed by atoms with Crippen molar-refractivity contribution in [3.63, 3.8) is 0 Å². The molecule has 0 saturated heterocycles. The average Bonchev–Trinajstić information content (AvgIpc) is 2.49. The van der Waals surface area contributed by atoms with E-state index in [9.17, 15) is 0 Å². The molecule has 2 aliphatic carbocycles. The van der Waals surface area contributed by atoms with Crippen molar-refractivity contribution in [2.24, 2.45) is 29.6 Å². The van der Waals surface area contributed by atoms with E-state index in [1.165, 1.54) is 57.9 Å². The Kier molecular flexibility index (Phi) is 6.87. The fourth-order valence-electron chi connectivity index (χ4n) is 5.21. The van der Waals surface area contributed by atoms with Crippen LogP contribution in [0.2, 0.25) is 0 Å². The van der Waals surface area contributed by atoms with Crippen molar-refractivity contribution in [2.75, 3.05) is 13.6 Å². The van der Waals surface area contributed by atoms with E-state index in [1.54, 1.807) is 12.8 Å². The van der Waals surface area contributed by atoms with Gasteiger partial charge in [0, 0.05) is 0 Å². The Morgan fingerprint density at radius 1 is 0.950 bits per heavy atom. The minimum absolute atomic E-state index is 0.966. The molecule has 2 saturated carbocycles. The first-order valence-electron chi connectivity index (χ1n) is 9.43. The molecule has 0 aliphatic heterocycles. The normalized spacial score (nSPS) is 38.9. The highest BCUT2D eigenvalue weighted by atomic mass is 14.8. The van der Waals surface area contributed by atoms with Gasteiger partial charge in [-0.15, -0.1) is 0 Å². The maximum Gasteiger partial charge on any atom is -0.00208 e. The van der Waals surface area contributed by atoms with Crippen LogP contribution in [-0.4, -0.2) is 13.6 Å². The third-order valence-corrected chi connectivity index (χ3v) is 6.33. The summed E-state index contributed by atoms with van der Waals surface area (Å²) in [6.07, 6.45) is 14.9. The second kappa shape index (κ2) is 8.41. The number of rotatable bonds is 6. The smallest absolute Gasteiger partial charge is 0.00208 e. The van der Waals surface area contributed by atoms with E-state index >= 15 is 0 Å². The van der Waals surface area contributed by atoms with Crippen LogP contribution < -0.4 is 5.32 Å². The fraction of sp³-hybridized carbons (Fsp3) is 1.00. The lowest BCUT2D eigenvalue weighted by molar-refractivity contribution is 0.0767. The van der Waals surface area contributed by atoms with Gasteiger partial charge in [0.05, 0.1) is 0 Å². The molecule has 0 aromatic carbocycles. The highest BCUT2D eigenvalue weighted by molar-refractivity contribution is 4.88. The number of hydrogen-bond donors (Lipinski definition) is 1. The first-order chi connectivity index (χ1) is 9.78. The lowest BCUT2D eigenvalue weighted by Crippen LogP contribution is -2.37. The summed E-state index contributed by atoms with van der Waals surface area (Å²) in [7, 11) is 2.14. The predicted molar refractivity (Wildman–Crippen MR) is 88.9 cm³/mol. The molecular weight excluding hydrogens is 242 g/mol. The van der Waals surface area contributed by atoms with E-state index in [1.807, 2.05) is 0 Å². The summed E-state index contributed by atoms with van der Waals surface area (Å²) in [4.78, 5) is 0. The number of nitrogens with one attached hydrogen (secondary N) is 1. The molecule has 0 heterocycles. The van der Waals surface area contributed by atoms with Gasteiger partial charge in [0.1, 0.15) is 0 Å². The van der Waals surface area contributed by atoms with Crippen molar-refractivity contribution in [2.45, 2.75) is 78.1 Å². The van der Waals surface area contributed by atoms with Crippen LogP contribution in [0.3, 0.4) is 0 Å². The summed E-state index contributed by atoms with van der Waals surface area (Å²) in [6.45, 7) is 6.03. The van der Waals surface area contributed by atoms with Gasteiger partial charge in [-0.05, 0) is 62.4 Å². The summed E-state index contributed by atoms with van der Waals surface area (Å²) in [5, 5.41) is 3.48.